The minimum Gasteiger partial charge on any atom is -0.409 e. The maximum Gasteiger partial charge on any atom is 0.226 e. The Labute approximate surface area is 101 Å². The number of hydrogen-bond donors (Lipinski definition) is 2. The lowest BCUT2D eigenvalue weighted by Crippen LogP contribution is -2.25. The van der Waals surface area contributed by atoms with E-state index in [4.69, 9.17) is 10.9 Å². The third-order valence-corrected chi connectivity index (χ3v) is 2.25. The zero-order valence-electron chi connectivity index (χ0n) is 10.3. The fourth-order valence-corrected chi connectivity index (χ4v) is 1.21. The van der Waals surface area contributed by atoms with Gasteiger partial charge in [0.25, 0.3) is 0 Å². The van der Waals surface area contributed by atoms with Gasteiger partial charge in [-0.15, -0.1) is 0 Å². The Morgan fingerprint density at radius 2 is 2.18 bits per heavy atom. The molecule has 0 radical (unpaired) electrons. The Kier molecular flexibility index (Phi) is 4.50. The third kappa shape index (κ3) is 3.78. The average Bonchev–Trinajstić information content (AvgIpc) is 2.35. The van der Waals surface area contributed by atoms with Crippen LogP contribution in [0.2, 0.25) is 0 Å². The van der Waals surface area contributed by atoms with Gasteiger partial charge in [-0.1, -0.05) is 5.16 Å². The molecule has 94 valence electrons. The first-order valence-corrected chi connectivity index (χ1v) is 5.22. The largest absolute Gasteiger partial charge is 0.409 e. The van der Waals surface area contributed by atoms with Gasteiger partial charge in [-0.2, -0.15) is 4.98 Å². The normalized spacial score (nSPS) is 11.4. The Morgan fingerprint density at radius 3 is 2.76 bits per heavy atom. The molecule has 0 aliphatic heterocycles. The molecule has 0 aliphatic rings. The van der Waals surface area contributed by atoms with Crippen molar-refractivity contribution in [3.05, 3.63) is 12.3 Å². The number of nitrogens with two attached hydrogens (primary N) is 1. The summed E-state index contributed by atoms with van der Waals surface area (Å²) in [5, 5.41) is 11.4. The second-order valence-corrected chi connectivity index (χ2v) is 3.87. The van der Waals surface area contributed by atoms with E-state index in [-0.39, 0.29) is 5.84 Å². The number of hydrogen-bond acceptors (Lipinski definition) is 6. The van der Waals surface area contributed by atoms with Crippen molar-refractivity contribution in [1.82, 2.24) is 9.97 Å². The summed E-state index contributed by atoms with van der Waals surface area (Å²) in [6.07, 6.45) is 2.19. The van der Waals surface area contributed by atoms with Crippen LogP contribution in [0.15, 0.2) is 17.4 Å². The van der Waals surface area contributed by atoms with Gasteiger partial charge in [-0.3, -0.25) is 0 Å². The molecule has 7 heteroatoms. The first-order chi connectivity index (χ1) is 8.04. The molecule has 0 atom stereocenters. The molecule has 0 saturated carbocycles. The highest BCUT2D eigenvalue weighted by molar-refractivity contribution is 5.80. The van der Waals surface area contributed by atoms with E-state index in [1.807, 2.05) is 37.0 Å². The number of anilines is 2. The van der Waals surface area contributed by atoms with Crippen molar-refractivity contribution in [2.45, 2.75) is 6.42 Å². The highest BCUT2D eigenvalue weighted by atomic mass is 16.4. The van der Waals surface area contributed by atoms with E-state index in [1.165, 1.54) is 0 Å². The van der Waals surface area contributed by atoms with E-state index in [0.29, 0.717) is 18.9 Å². The molecule has 1 heterocycles. The van der Waals surface area contributed by atoms with Crippen LogP contribution >= 0.6 is 0 Å². The van der Waals surface area contributed by atoms with Crippen molar-refractivity contribution in [3.8, 4) is 0 Å². The molecule has 0 aliphatic carbocycles. The molecule has 1 aromatic heterocycles. The summed E-state index contributed by atoms with van der Waals surface area (Å²) in [5.74, 6) is 1.66. The summed E-state index contributed by atoms with van der Waals surface area (Å²) in [7, 11) is 5.66. The van der Waals surface area contributed by atoms with Crippen LogP contribution in [0.1, 0.15) is 6.42 Å². The molecule has 0 aromatic carbocycles. The lowest BCUT2D eigenvalue weighted by atomic mass is 10.3. The van der Waals surface area contributed by atoms with Crippen LogP contribution in [-0.2, 0) is 0 Å². The minimum absolute atomic E-state index is 0.207. The van der Waals surface area contributed by atoms with Crippen LogP contribution in [-0.4, -0.2) is 48.7 Å². The summed E-state index contributed by atoms with van der Waals surface area (Å²) in [6, 6.07) is 1.82. The average molecular weight is 238 g/mol. The van der Waals surface area contributed by atoms with Crippen molar-refractivity contribution >= 4 is 17.6 Å². The molecule has 0 amide bonds. The van der Waals surface area contributed by atoms with E-state index in [0.717, 1.165) is 5.82 Å². The molecule has 0 unspecified atom stereocenters. The first kappa shape index (κ1) is 13.0. The van der Waals surface area contributed by atoms with E-state index in [2.05, 4.69) is 15.1 Å². The predicted octanol–water partition coefficient (Wildman–Crippen LogP) is 0.115. The van der Waals surface area contributed by atoms with E-state index >= 15 is 0 Å². The van der Waals surface area contributed by atoms with Gasteiger partial charge in [0.2, 0.25) is 5.95 Å². The van der Waals surface area contributed by atoms with Gasteiger partial charge in [0.15, 0.2) is 0 Å². The number of rotatable bonds is 5. The maximum absolute atomic E-state index is 8.45. The van der Waals surface area contributed by atoms with Crippen LogP contribution in [0.25, 0.3) is 0 Å². The first-order valence-electron chi connectivity index (χ1n) is 5.22. The molecular formula is C10H18N6O. The minimum atomic E-state index is 0.207. The molecule has 1 rings (SSSR count). The van der Waals surface area contributed by atoms with Crippen molar-refractivity contribution in [1.29, 1.82) is 0 Å². The van der Waals surface area contributed by atoms with Crippen molar-refractivity contribution < 1.29 is 5.21 Å². The van der Waals surface area contributed by atoms with Crippen molar-refractivity contribution in [3.63, 3.8) is 0 Å². The van der Waals surface area contributed by atoms with Crippen LogP contribution in [0, 0.1) is 0 Å². The van der Waals surface area contributed by atoms with Crippen molar-refractivity contribution in [2.24, 2.45) is 10.9 Å². The SMILES string of the molecule is CN(C)c1nccc(N(C)CCC(N)=NO)n1. The predicted molar refractivity (Wildman–Crippen MR) is 67.7 cm³/mol. The fraction of sp³-hybridized carbons (Fsp3) is 0.500. The van der Waals surface area contributed by atoms with Crippen LogP contribution in [0.4, 0.5) is 11.8 Å². The van der Waals surface area contributed by atoms with Crippen LogP contribution in [0.3, 0.4) is 0 Å². The standard InChI is InChI=1S/C10H18N6O/c1-15(2)10-12-6-4-9(13-10)16(3)7-5-8(11)14-17/h4,6,17H,5,7H2,1-3H3,(H2,11,14). The van der Waals surface area contributed by atoms with Crippen LogP contribution in [0.5, 0.6) is 0 Å². The summed E-state index contributed by atoms with van der Waals surface area (Å²) in [5.41, 5.74) is 5.41. The Bertz CT molecular complexity index is 392. The quantitative estimate of drug-likeness (QED) is 0.327. The van der Waals surface area contributed by atoms with Gasteiger partial charge in [0, 0.05) is 40.3 Å². The summed E-state index contributed by atoms with van der Waals surface area (Å²) in [4.78, 5) is 12.3. The Morgan fingerprint density at radius 1 is 1.47 bits per heavy atom. The van der Waals surface area contributed by atoms with Gasteiger partial charge in [0.1, 0.15) is 11.7 Å². The zero-order valence-corrected chi connectivity index (χ0v) is 10.3. The molecule has 7 nitrogen and oxygen atoms in total. The van der Waals surface area contributed by atoms with E-state index in [1.54, 1.807) is 6.20 Å². The topological polar surface area (TPSA) is 90.9 Å². The van der Waals surface area contributed by atoms with Crippen molar-refractivity contribution in [2.75, 3.05) is 37.5 Å². The Balaban J connectivity index is 2.68. The third-order valence-electron chi connectivity index (χ3n) is 2.25. The second-order valence-electron chi connectivity index (χ2n) is 3.87. The smallest absolute Gasteiger partial charge is 0.226 e. The highest BCUT2D eigenvalue weighted by Gasteiger charge is 2.06. The molecule has 0 bridgehead atoms. The number of amidine groups is 1. The zero-order chi connectivity index (χ0) is 12.8. The lowest BCUT2D eigenvalue weighted by molar-refractivity contribution is 0.317. The molecule has 0 saturated heterocycles. The highest BCUT2D eigenvalue weighted by Crippen LogP contribution is 2.11. The second kappa shape index (κ2) is 5.88. The summed E-state index contributed by atoms with van der Waals surface area (Å²) >= 11 is 0. The Hall–Kier alpha value is -2.05. The fourth-order valence-electron chi connectivity index (χ4n) is 1.21. The monoisotopic (exact) mass is 238 g/mol. The summed E-state index contributed by atoms with van der Waals surface area (Å²) < 4.78 is 0. The van der Waals surface area contributed by atoms with Gasteiger partial charge >= 0.3 is 0 Å². The number of oxime groups is 1. The summed E-state index contributed by atoms with van der Waals surface area (Å²) in [6.45, 7) is 0.625. The van der Waals surface area contributed by atoms with Gasteiger partial charge < -0.3 is 20.7 Å². The number of aromatic nitrogens is 2. The number of nitrogens with zero attached hydrogens (tertiary/aromatic N) is 5. The van der Waals surface area contributed by atoms with Gasteiger partial charge in [-0.25, -0.2) is 4.98 Å². The van der Waals surface area contributed by atoms with Gasteiger partial charge in [0.05, 0.1) is 0 Å². The molecule has 0 spiro atoms. The molecule has 1 aromatic rings. The molecule has 3 N–H and O–H groups in total. The van der Waals surface area contributed by atoms with E-state index in [9.17, 15) is 0 Å². The van der Waals surface area contributed by atoms with Crippen LogP contribution < -0.4 is 15.5 Å². The van der Waals surface area contributed by atoms with E-state index < -0.39 is 0 Å². The molecule has 0 fully saturated rings. The van der Waals surface area contributed by atoms with Gasteiger partial charge in [-0.05, 0) is 6.07 Å². The lowest BCUT2D eigenvalue weighted by Gasteiger charge is -2.19. The maximum atomic E-state index is 8.45. The molecule has 17 heavy (non-hydrogen) atoms. The molecular weight excluding hydrogens is 220 g/mol.